The number of aryl methyl sites for hydroxylation is 1. The van der Waals surface area contributed by atoms with Crippen LogP contribution in [0.2, 0.25) is 0 Å². The molecule has 1 aromatic rings. The van der Waals surface area contributed by atoms with Crippen molar-refractivity contribution in [1.82, 2.24) is 5.32 Å². The van der Waals surface area contributed by atoms with E-state index in [0.717, 1.165) is 24.1 Å². The van der Waals surface area contributed by atoms with Gasteiger partial charge in [0.1, 0.15) is 0 Å². The number of amides is 2. The number of rotatable bonds is 3. The molecule has 0 spiro atoms. The van der Waals surface area contributed by atoms with Crippen LogP contribution >= 0.6 is 0 Å². The first-order valence-corrected chi connectivity index (χ1v) is 7.32. The molecule has 2 saturated carbocycles. The number of hydrogen-bond acceptors (Lipinski definition) is 1. The summed E-state index contributed by atoms with van der Waals surface area (Å²) in [5, 5.41) is 5.91. The Morgan fingerprint density at radius 3 is 2.63 bits per heavy atom. The summed E-state index contributed by atoms with van der Waals surface area (Å²) in [4.78, 5) is 11.8. The molecule has 102 valence electrons. The highest BCUT2D eigenvalue weighted by molar-refractivity contribution is 5.89. The molecule has 2 N–H and O–H groups in total. The fraction of sp³-hybridized carbons (Fsp3) is 0.562. The summed E-state index contributed by atoms with van der Waals surface area (Å²) in [6.45, 7) is 2.87. The number of benzene rings is 1. The maximum atomic E-state index is 11.8. The van der Waals surface area contributed by atoms with Crippen molar-refractivity contribution in [2.45, 2.75) is 32.6 Å². The number of nitrogens with one attached hydrogen (secondary N) is 2. The SMILES string of the molecule is Cc1ccc(NC(=O)NC[C@H]2C[C@H]3CC[C@H]2C3)cc1. The first kappa shape index (κ1) is 12.5. The van der Waals surface area contributed by atoms with Crippen LogP contribution in [0.5, 0.6) is 0 Å². The van der Waals surface area contributed by atoms with Gasteiger partial charge in [-0.25, -0.2) is 4.79 Å². The highest BCUT2D eigenvalue weighted by Gasteiger charge is 2.39. The van der Waals surface area contributed by atoms with Gasteiger partial charge in [0.05, 0.1) is 0 Å². The Morgan fingerprint density at radius 2 is 2.00 bits per heavy atom. The number of carbonyl (C=O) groups is 1. The van der Waals surface area contributed by atoms with Crippen molar-refractivity contribution < 1.29 is 4.79 Å². The van der Waals surface area contributed by atoms with Crippen molar-refractivity contribution in [2.24, 2.45) is 17.8 Å². The van der Waals surface area contributed by atoms with Crippen molar-refractivity contribution in [3.05, 3.63) is 29.8 Å². The van der Waals surface area contributed by atoms with Crippen LogP contribution in [-0.2, 0) is 0 Å². The van der Waals surface area contributed by atoms with Gasteiger partial charge in [0.15, 0.2) is 0 Å². The predicted octanol–water partition coefficient (Wildman–Crippen LogP) is 3.55. The predicted molar refractivity (Wildman–Crippen MR) is 77.1 cm³/mol. The maximum Gasteiger partial charge on any atom is 0.319 e. The molecular formula is C16H22N2O. The Hall–Kier alpha value is -1.51. The van der Waals surface area contributed by atoms with Gasteiger partial charge in [0.25, 0.3) is 0 Å². The van der Waals surface area contributed by atoms with Gasteiger partial charge in [-0.1, -0.05) is 24.1 Å². The second-order valence-electron chi connectivity index (χ2n) is 6.14. The minimum absolute atomic E-state index is 0.0772. The Labute approximate surface area is 114 Å². The molecule has 0 aliphatic heterocycles. The molecule has 3 rings (SSSR count). The van der Waals surface area contributed by atoms with Gasteiger partial charge in [-0.05, 0) is 56.1 Å². The Kier molecular flexibility index (Phi) is 3.45. The van der Waals surface area contributed by atoms with Crippen molar-refractivity contribution in [3.63, 3.8) is 0 Å². The molecule has 0 unspecified atom stereocenters. The molecule has 0 saturated heterocycles. The monoisotopic (exact) mass is 258 g/mol. The minimum atomic E-state index is -0.0772. The van der Waals surface area contributed by atoms with Crippen LogP contribution in [0.25, 0.3) is 0 Å². The van der Waals surface area contributed by atoms with E-state index in [9.17, 15) is 4.79 Å². The first-order valence-electron chi connectivity index (χ1n) is 7.32. The molecule has 2 aliphatic carbocycles. The van der Waals surface area contributed by atoms with Gasteiger partial charge in [0, 0.05) is 12.2 Å². The largest absolute Gasteiger partial charge is 0.338 e. The lowest BCUT2D eigenvalue weighted by atomic mass is 9.89. The summed E-state index contributed by atoms with van der Waals surface area (Å²) in [7, 11) is 0. The van der Waals surface area contributed by atoms with E-state index in [-0.39, 0.29) is 6.03 Å². The molecule has 0 radical (unpaired) electrons. The fourth-order valence-electron chi connectivity index (χ4n) is 3.66. The zero-order chi connectivity index (χ0) is 13.2. The number of hydrogen-bond donors (Lipinski definition) is 2. The quantitative estimate of drug-likeness (QED) is 0.855. The van der Waals surface area contributed by atoms with Gasteiger partial charge in [-0.2, -0.15) is 0 Å². The third-order valence-electron chi connectivity index (χ3n) is 4.72. The van der Waals surface area contributed by atoms with E-state index in [1.807, 2.05) is 31.2 Å². The third kappa shape index (κ3) is 2.91. The molecule has 2 aliphatic rings. The van der Waals surface area contributed by atoms with E-state index in [4.69, 9.17) is 0 Å². The maximum absolute atomic E-state index is 11.8. The second kappa shape index (κ2) is 5.24. The highest BCUT2D eigenvalue weighted by Crippen LogP contribution is 2.47. The van der Waals surface area contributed by atoms with Crippen molar-refractivity contribution in [3.8, 4) is 0 Å². The van der Waals surface area contributed by atoms with E-state index in [2.05, 4.69) is 10.6 Å². The number of carbonyl (C=O) groups excluding carboxylic acids is 1. The summed E-state index contributed by atoms with van der Waals surface area (Å²) in [6, 6.07) is 7.81. The summed E-state index contributed by atoms with van der Waals surface area (Å²) >= 11 is 0. The Morgan fingerprint density at radius 1 is 1.21 bits per heavy atom. The average molecular weight is 258 g/mol. The standard InChI is InChI=1S/C16H22N2O/c1-11-2-6-15(7-3-11)18-16(19)17-10-14-9-12-4-5-13(14)8-12/h2-3,6-7,12-14H,4-5,8-10H2,1H3,(H2,17,18,19)/t12-,13-,14+/m0/s1. The third-order valence-corrected chi connectivity index (χ3v) is 4.72. The van der Waals surface area contributed by atoms with Crippen LogP contribution in [0.3, 0.4) is 0 Å². The van der Waals surface area contributed by atoms with Gasteiger partial charge < -0.3 is 10.6 Å². The van der Waals surface area contributed by atoms with Gasteiger partial charge in [-0.15, -0.1) is 0 Å². The number of urea groups is 1. The molecule has 2 bridgehead atoms. The lowest BCUT2D eigenvalue weighted by molar-refractivity contribution is 0.245. The summed E-state index contributed by atoms with van der Waals surface area (Å²) < 4.78 is 0. The molecule has 2 fully saturated rings. The van der Waals surface area contributed by atoms with Crippen LogP contribution in [0.1, 0.15) is 31.2 Å². The van der Waals surface area contributed by atoms with E-state index in [1.54, 1.807) is 0 Å². The van der Waals surface area contributed by atoms with Crippen LogP contribution in [0, 0.1) is 24.7 Å². The molecule has 3 heteroatoms. The zero-order valence-electron chi connectivity index (χ0n) is 11.5. The molecule has 3 atom stereocenters. The normalized spacial score (nSPS) is 28.4. The number of anilines is 1. The van der Waals surface area contributed by atoms with E-state index in [0.29, 0.717) is 5.92 Å². The van der Waals surface area contributed by atoms with E-state index in [1.165, 1.54) is 31.2 Å². The average Bonchev–Trinajstić information content (AvgIpc) is 3.01. The van der Waals surface area contributed by atoms with Crippen molar-refractivity contribution in [1.29, 1.82) is 0 Å². The summed E-state index contributed by atoms with van der Waals surface area (Å²) in [5.74, 6) is 2.52. The molecule has 19 heavy (non-hydrogen) atoms. The topological polar surface area (TPSA) is 41.1 Å². The van der Waals surface area contributed by atoms with Crippen LogP contribution in [0.4, 0.5) is 10.5 Å². The second-order valence-corrected chi connectivity index (χ2v) is 6.14. The van der Waals surface area contributed by atoms with Crippen molar-refractivity contribution in [2.75, 3.05) is 11.9 Å². The van der Waals surface area contributed by atoms with Gasteiger partial charge >= 0.3 is 6.03 Å². The fourth-order valence-corrected chi connectivity index (χ4v) is 3.66. The zero-order valence-corrected chi connectivity index (χ0v) is 11.5. The highest BCUT2D eigenvalue weighted by atomic mass is 16.2. The lowest BCUT2D eigenvalue weighted by Crippen LogP contribution is -2.34. The van der Waals surface area contributed by atoms with E-state index < -0.39 is 0 Å². The molecule has 0 heterocycles. The molecule has 2 amide bonds. The molecular weight excluding hydrogens is 236 g/mol. The van der Waals surface area contributed by atoms with Crippen LogP contribution < -0.4 is 10.6 Å². The minimum Gasteiger partial charge on any atom is -0.338 e. The van der Waals surface area contributed by atoms with Crippen LogP contribution in [0.15, 0.2) is 24.3 Å². The van der Waals surface area contributed by atoms with Crippen LogP contribution in [-0.4, -0.2) is 12.6 Å². The first-order chi connectivity index (χ1) is 9.20. The molecule has 0 aromatic heterocycles. The number of fused-ring (bicyclic) bond motifs is 2. The summed E-state index contributed by atoms with van der Waals surface area (Å²) in [5.41, 5.74) is 2.06. The van der Waals surface area contributed by atoms with Gasteiger partial charge in [-0.3, -0.25) is 0 Å². The lowest BCUT2D eigenvalue weighted by Gasteiger charge is -2.21. The van der Waals surface area contributed by atoms with E-state index >= 15 is 0 Å². The van der Waals surface area contributed by atoms with Gasteiger partial charge in [0.2, 0.25) is 0 Å². The molecule has 1 aromatic carbocycles. The summed E-state index contributed by atoms with van der Waals surface area (Å²) in [6.07, 6.45) is 5.49. The Bertz CT molecular complexity index is 454. The smallest absolute Gasteiger partial charge is 0.319 e. The van der Waals surface area contributed by atoms with Crippen molar-refractivity contribution >= 4 is 11.7 Å². The molecule has 3 nitrogen and oxygen atoms in total. The Balaban J connectivity index is 1.45.